The maximum Gasteiger partial charge on any atom is 0.0703 e. The predicted octanol–water partition coefficient (Wildman–Crippen LogP) is 1.90. The van der Waals surface area contributed by atoms with Crippen LogP contribution in [0.5, 0.6) is 0 Å². The Bertz CT molecular complexity index is 196. The van der Waals surface area contributed by atoms with E-state index in [0.29, 0.717) is 12.1 Å². The minimum Gasteiger partial charge on any atom is -0.381 e. The van der Waals surface area contributed by atoms with Crippen molar-refractivity contribution in [1.82, 2.24) is 0 Å². The zero-order chi connectivity index (χ0) is 8.48. The van der Waals surface area contributed by atoms with Crippen molar-refractivity contribution in [2.75, 3.05) is 7.11 Å². The van der Waals surface area contributed by atoms with Crippen molar-refractivity contribution in [2.24, 2.45) is 10.4 Å². The largest absolute Gasteiger partial charge is 0.381 e. The number of nitrogens with zero attached hydrogens (tertiary/aromatic N) is 1. The van der Waals surface area contributed by atoms with Crippen LogP contribution in [0.25, 0.3) is 0 Å². The van der Waals surface area contributed by atoms with Crippen LogP contribution in [0.2, 0.25) is 0 Å². The van der Waals surface area contributed by atoms with Gasteiger partial charge in [0.15, 0.2) is 0 Å². The van der Waals surface area contributed by atoms with Gasteiger partial charge in [0.25, 0.3) is 0 Å². The summed E-state index contributed by atoms with van der Waals surface area (Å²) in [6.45, 7) is 4.29. The second-order valence-electron chi connectivity index (χ2n) is 3.52. The van der Waals surface area contributed by atoms with E-state index in [2.05, 4.69) is 36.2 Å². The van der Waals surface area contributed by atoms with Gasteiger partial charge in [0.2, 0.25) is 0 Å². The first-order chi connectivity index (χ1) is 5.12. The van der Waals surface area contributed by atoms with Crippen molar-refractivity contribution < 1.29 is 4.74 Å². The molecule has 1 rings (SSSR count). The molecule has 0 bridgehead atoms. The number of aliphatic imine (C=N–C) groups is 1. The first-order valence-electron chi connectivity index (χ1n) is 3.72. The van der Waals surface area contributed by atoms with Crippen molar-refractivity contribution in [1.29, 1.82) is 0 Å². The van der Waals surface area contributed by atoms with Crippen LogP contribution < -0.4 is 0 Å². The Labute approximate surface area is 72.7 Å². The topological polar surface area (TPSA) is 21.6 Å². The number of hydrogen-bond donors (Lipinski definition) is 0. The molecule has 62 valence electrons. The van der Waals surface area contributed by atoms with Crippen LogP contribution in [-0.4, -0.2) is 24.4 Å². The molecule has 3 heteroatoms. The Hall–Kier alpha value is -0.240. The molecule has 0 heterocycles. The molecule has 2 nitrogen and oxygen atoms in total. The number of isothiocyanates is 1. The Morgan fingerprint density at radius 1 is 1.64 bits per heavy atom. The first-order valence-corrected chi connectivity index (χ1v) is 4.13. The van der Waals surface area contributed by atoms with Gasteiger partial charge in [-0.15, -0.1) is 0 Å². The highest BCUT2D eigenvalue weighted by Gasteiger charge is 2.48. The van der Waals surface area contributed by atoms with Gasteiger partial charge in [0, 0.05) is 12.5 Å². The Morgan fingerprint density at radius 2 is 2.27 bits per heavy atom. The molecule has 1 aliphatic carbocycles. The van der Waals surface area contributed by atoms with Crippen LogP contribution >= 0.6 is 12.2 Å². The van der Waals surface area contributed by atoms with Crippen molar-refractivity contribution in [3.05, 3.63) is 0 Å². The zero-order valence-electron chi connectivity index (χ0n) is 7.13. The van der Waals surface area contributed by atoms with E-state index in [0.717, 1.165) is 6.42 Å². The van der Waals surface area contributed by atoms with Gasteiger partial charge in [-0.05, 0) is 18.6 Å². The summed E-state index contributed by atoms with van der Waals surface area (Å²) in [6, 6.07) is 0.310. The third-order valence-electron chi connectivity index (χ3n) is 2.62. The molecule has 11 heavy (non-hydrogen) atoms. The first kappa shape index (κ1) is 8.85. The molecule has 1 saturated carbocycles. The molecular formula is C8H13NOS. The molecule has 0 aliphatic heterocycles. The number of hydrogen-bond acceptors (Lipinski definition) is 3. The standard InChI is InChI=1S/C8H13NOS/c1-8(2)6(9-5-11)4-7(8)10-3/h6-7H,4H2,1-3H3. The van der Waals surface area contributed by atoms with Gasteiger partial charge >= 0.3 is 0 Å². The lowest BCUT2D eigenvalue weighted by Gasteiger charge is -2.48. The van der Waals surface area contributed by atoms with E-state index in [1.54, 1.807) is 7.11 Å². The number of rotatable bonds is 2. The molecule has 0 amide bonds. The maximum atomic E-state index is 5.26. The van der Waals surface area contributed by atoms with Crippen LogP contribution in [0.1, 0.15) is 20.3 Å². The highest BCUT2D eigenvalue weighted by Crippen LogP contribution is 2.44. The Balaban J connectivity index is 2.60. The van der Waals surface area contributed by atoms with Crippen molar-refractivity contribution in [2.45, 2.75) is 32.4 Å². The summed E-state index contributed by atoms with van der Waals surface area (Å²) >= 11 is 4.55. The zero-order valence-corrected chi connectivity index (χ0v) is 7.94. The van der Waals surface area contributed by atoms with Gasteiger partial charge in [0.05, 0.1) is 17.3 Å². The SMILES string of the molecule is COC1CC(N=C=S)C1(C)C. The molecule has 2 atom stereocenters. The van der Waals surface area contributed by atoms with Gasteiger partial charge in [-0.2, -0.15) is 0 Å². The lowest BCUT2D eigenvalue weighted by Crippen LogP contribution is -2.53. The fourth-order valence-electron chi connectivity index (χ4n) is 1.55. The van der Waals surface area contributed by atoms with E-state index < -0.39 is 0 Å². The van der Waals surface area contributed by atoms with Crippen molar-refractivity contribution in [3.8, 4) is 0 Å². The van der Waals surface area contributed by atoms with E-state index >= 15 is 0 Å². The third kappa shape index (κ3) is 1.36. The summed E-state index contributed by atoms with van der Waals surface area (Å²) in [5, 5.41) is 2.42. The number of ether oxygens (including phenoxy) is 1. The summed E-state index contributed by atoms with van der Waals surface area (Å²) in [5.41, 5.74) is 0.139. The molecule has 0 aromatic carbocycles. The summed E-state index contributed by atoms with van der Waals surface area (Å²) in [7, 11) is 1.74. The Morgan fingerprint density at radius 3 is 2.64 bits per heavy atom. The van der Waals surface area contributed by atoms with Crippen LogP contribution in [0.15, 0.2) is 4.99 Å². The second kappa shape index (κ2) is 3.02. The van der Waals surface area contributed by atoms with Gasteiger partial charge in [-0.1, -0.05) is 13.8 Å². The highest BCUT2D eigenvalue weighted by atomic mass is 32.1. The second-order valence-corrected chi connectivity index (χ2v) is 3.70. The fraction of sp³-hybridized carbons (Fsp3) is 0.875. The molecule has 2 unspecified atom stereocenters. The molecule has 0 N–H and O–H groups in total. The molecular weight excluding hydrogens is 158 g/mol. The smallest absolute Gasteiger partial charge is 0.0703 e. The summed E-state index contributed by atoms with van der Waals surface area (Å²) < 4.78 is 5.26. The van der Waals surface area contributed by atoms with Crippen LogP contribution in [-0.2, 0) is 4.74 Å². The maximum absolute atomic E-state index is 5.26. The molecule has 1 aliphatic rings. The lowest BCUT2D eigenvalue weighted by molar-refractivity contribution is -0.0847. The van der Waals surface area contributed by atoms with Crippen molar-refractivity contribution >= 4 is 17.4 Å². The summed E-state index contributed by atoms with van der Waals surface area (Å²) in [4.78, 5) is 4.07. The van der Waals surface area contributed by atoms with Crippen LogP contribution in [0.3, 0.4) is 0 Å². The average molecular weight is 171 g/mol. The number of thiocarbonyl (C=S) groups is 1. The quantitative estimate of drug-likeness (QED) is 0.467. The molecule has 0 saturated heterocycles. The minimum atomic E-state index is 0.139. The summed E-state index contributed by atoms with van der Waals surface area (Å²) in [6.07, 6.45) is 1.31. The monoisotopic (exact) mass is 171 g/mol. The molecule has 0 aromatic heterocycles. The van der Waals surface area contributed by atoms with E-state index in [9.17, 15) is 0 Å². The minimum absolute atomic E-state index is 0.139. The predicted molar refractivity (Wildman–Crippen MR) is 48.0 cm³/mol. The van der Waals surface area contributed by atoms with Gasteiger partial charge in [-0.3, -0.25) is 0 Å². The highest BCUT2D eigenvalue weighted by molar-refractivity contribution is 7.78. The van der Waals surface area contributed by atoms with Gasteiger partial charge in [-0.25, -0.2) is 4.99 Å². The van der Waals surface area contributed by atoms with E-state index in [1.165, 1.54) is 0 Å². The van der Waals surface area contributed by atoms with Crippen LogP contribution in [0.4, 0.5) is 0 Å². The molecule has 0 aromatic rings. The average Bonchev–Trinajstić information content (AvgIpc) is 1.97. The number of methoxy groups -OCH3 is 1. The van der Waals surface area contributed by atoms with E-state index in [4.69, 9.17) is 4.74 Å². The summed E-state index contributed by atoms with van der Waals surface area (Å²) in [5.74, 6) is 0. The third-order valence-corrected chi connectivity index (χ3v) is 2.72. The Kier molecular flexibility index (Phi) is 2.43. The van der Waals surface area contributed by atoms with Gasteiger partial charge in [0.1, 0.15) is 0 Å². The molecule has 0 spiro atoms. The molecule has 1 fully saturated rings. The van der Waals surface area contributed by atoms with Crippen LogP contribution in [0, 0.1) is 5.41 Å². The fourth-order valence-corrected chi connectivity index (χ4v) is 1.67. The molecule has 0 radical (unpaired) electrons. The lowest BCUT2D eigenvalue weighted by atomic mass is 9.65. The van der Waals surface area contributed by atoms with E-state index in [-0.39, 0.29) is 5.41 Å². The van der Waals surface area contributed by atoms with Gasteiger partial charge < -0.3 is 4.74 Å². The van der Waals surface area contributed by atoms with E-state index in [1.807, 2.05) is 0 Å². The van der Waals surface area contributed by atoms with Crippen molar-refractivity contribution in [3.63, 3.8) is 0 Å². The normalized spacial score (nSPS) is 33.7.